The zero-order valence-corrected chi connectivity index (χ0v) is 12.6. The van der Waals surface area contributed by atoms with Gasteiger partial charge >= 0.3 is 6.09 Å². The molecular formula is C13H26F2N2O2. The molecule has 1 amide bonds. The molecule has 2 atom stereocenters. The number of carbonyl (C=O) groups is 1. The van der Waals surface area contributed by atoms with Crippen molar-refractivity contribution in [2.75, 3.05) is 0 Å². The Balaban J connectivity index is 4.64. The van der Waals surface area contributed by atoms with Crippen molar-refractivity contribution in [2.24, 2.45) is 11.7 Å². The molecule has 4 nitrogen and oxygen atoms in total. The molecule has 0 radical (unpaired) electrons. The average molecular weight is 280 g/mol. The number of nitrogens with one attached hydrogen (secondary N) is 1. The Labute approximate surface area is 114 Å². The number of amides is 1. The second-order valence-electron chi connectivity index (χ2n) is 6.51. The van der Waals surface area contributed by atoms with E-state index < -0.39 is 29.7 Å². The first-order chi connectivity index (χ1) is 8.35. The fraction of sp³-hybridized carbons (Fsp3) is 0.923. The van der Waals surface area contributed by atoms with Gasteiger partial charge in [-0.05, 0) is 40.0 Å². The van der Waals surface area contributed by atoms with Crippen LogP contribution in [0, 0.1) is 5.92 Å². The summed E-state index contributed by atoms with van der Waals surface area (Å²) in [6.07, 6.45) is -3.27. The van der Waals surface area contributed by atoms with Crippen molar-refractivity contribution in [3.8, 4) is 0 Å². The van der Waals surface area contributed by atoms with Crippen molar-refractivity contribution < 1.29 is 18.3 Å². The zero-order valence-electron chi connectivity index (χ0n) is 12.6. The SMILES string of the molecule is CC(C)C(CC(C)(N)C(F)F)NC(=O)OC(C)(C)C. The third-order valence-corrected chi connectivity index (χ3v) is 2.67. The summed E-state index contributed by atoms with van der Waals surface area (Å²) in [6.45, 7) is 10.2. The van der Waals surface area contributed by atoms with Gasteiger partial charge < -0.3 is 15.8 Å². The topological polar surface area (TPSA) is 64.3 Å². The van der Waals surface area contributed by atoms with Crippen molar-refractivity contribution in [3.05, 3.63) is 0 Å². The summed E-state index contributed by atoms with van der Waals surface area (Å²) in [4.78, 5) is 11.7. The molecule has 0 rings (SSSR count). The molecule has 0 saturated heterocycles. The Bertz CT molecular complexity index is 300. The summed E-state index contributed by atoms with van der Waals surface area (Å²) < 4.78 is 30.7. The van der Waals surface area contributed by atoms with Crippen molar-refractivity contribution >= 4 is 6.09 Å². The zero-order chi connectivity index (χ0) is 15.4. The van der Waals surface area contributed by atoms with E-state index in [1.807, 2.05) is 13.8 Å². The minimum atomic E-state index is -2.64. The molecule has 6 heteroatoms. The van der Waals surface area contributed by atoms with Crippen LogP contribution in [0.4, 0.5) is 13.6 Å². The van der Waals surface area contributed by atoms with E-state index in [0.29, 0.717) is 0 Å². The molecule has 0 aromatic rings. The van der Waals surface area contributed by atoms with E-state index in [0.717, 1.165) is 0 Å². The third-order valence-electron chi connectivity index (χ3n) is 2.67. The Morgan fingerprint density at radius 2 is 1.74 bits per heavy atom. The van der Waals surface area contributed by atoms with Gasteiger partial charge in [-0.25, -0.2) is 13.6 Å². The molecule has 0 bridgehead atoms. The van der Waals surface area contributed by atoms with Gasteiger partial charge in [-0.15, -0.1) is 0 Å². The Morgan fingerprint density at radius 3 is 2.05 bits per heavy atom. The second kappa shape index (κ2) is 6.50. The highest BCUT2D eigenvalue weighted by atomic mass is 19.3. The van der Waals surface area contributed by atoms with E-state index in [2.05, 4.69) is 5.32 Å². The van der Waals surface area contributed by atoms with Crippen LogP contribution >= 0.6 is 0 Å². The lowest BCUT2D eigenvalue weighted by molar-refractivity contribution is 0.0355. The molecular weight excluding hydrogens is 254 g/mol. The fourth-order valence-electron chi connectivity index (χ4n) is 1.48. The van der Waals surface area contributed by atoms with Gasteiger partial charge in [0.2, 0.25) is 0 Å². The van der Waals surface area contributed by atoms with Crippen LogP contribution in [0.2, 0.25) is 0 Å². The molecule has 0 aliphatic rings. The lowest BCUT2D eigenvalue weighted by atomic mass is 9.89. The maximum atomic E-state index is 12.8. The van der Waals surface area contributed by atoms with E-state index in [1.165, 1.54) is 6.92 Å². The second-order valence-corrected chi connectivity index (χ2v) is 6.51. The van der Waals surface area contributed by atoms with Crippen LogP contribution in [-0.2, 0) is 4.74 Å². The number of halogens is 2. The number of hydrogen-bond donors (Lipinski definition) is 2. The molecule has 0 fully saturated rings. The maximum Gasteiger partial charge on any atom is 0.407 e. The quantitative estimate of drug-likeness (QED) is 0.814. The molecule has 0 heterocycles. The first kappa shape index (κ1) is 18.1. The molecule has 0 aliphatic heterocycles. The number of ether oxygens (including phenoxy) is 1. The normalized spacial score (nSPS) is 17.2. The molecule has 0 saturated carbocycles. The summed E-state index contributed by atoms with van der Waals surface area (Å²) in [6, 6.07) is -0.459. The maximum absolute atomic E-state index is 12.8. The minimum Gasteiger partial charge on any atom is -0.444 e. The molecule has 0 aromatic heterocycles. The van der Waals surface area contributed by atoms with Gasteiger partial charge in [0.15, 0.2) is 0 Å². The lowest BCUT2D eigenvalue weighted by Crippen LogP contribution is -2.52. The largest absolute Gasteiger partial charge is 0.444 e. The predicted octanol–water partition coefficient (Wildman–Crippen LogP) is 2.91. The van der Waals surface area contributed by atoms with Gasteiger partial charge in [-0.1, -0.05) is 13.8 Å². The molecule has 0 aliphatic carbocycles. The number of alkyl halides is 2. The summed E-state index contributed by atoms with van der Waals surface area (Å²) in [5.41, 5.74) is 3.30. The average Bonchev–Trinajstić information content (AvgIpc) is 2.12. The van der Waals surface area contributed by atoms with E-state index in [-0.39, 0.29) is 12.3 Å². The van der Waals surface area contributed by atoms with Crippen molar-refractivity contribution in [3.63, 3.8) is 0 Å². The number of carbonyl (C=O) groups excluding carboxylic acids is 1. The molecule has 0 aromatic carbocycles. The first-order valence-electron chi connectivity index (χ1n) is 6.41. The smallest absolute Gasteiger partial charge is 0.407 e. The van der Waals surface area contributed by atoms with Gasteiger partial charge in [-0.3, -0.25) is 0 Å². The molecule has 19 heavy (non-hydrogen) atoms. The highest BCUT2D eigenvalue weighted by Crippen LogP contribution is 2.22. The molecule has 2 unspecified atom stereocenters. The highest BCUT2D eigenvalue weighted by molar-refractivity contribution is 5.68. The van der Waals surface area contributed by atoms with E-state index in [1.54, 1.807) is 20.8 Å². The summed E-state index contributed by atoms with van der Waals surface area (Å²) >= 11 is 0. The molecule has 3 N–H and O–H groups in total. The van der Waals surface area contributed by atoms with E-state index >= 15 is 0 Å². The van der Waals surface area contributed by atoms with Gasteiger partial charge in [0.1, 0.15) is 5.60 Å². The van der Waals surface area contributed by atoms with Gasteiger partial charge in [-0.2, -0.15) is 0 Å². The van der Waals surface area contributed by atoms with Crippen LogP contribution in [0.1, 0.15) is 48.0 Å². The monoisotopic (exact) mass is 280 g/mol. The molecule has 114 valence electrons. The summed E-state index contributed by atoms with van der Waals surface area (Å²) in [5.74, 6) is -0.0193. The van der Waals surface area contributed by atoms with Crippen LogP contribution < -0.4 is 11.1 Å². The van der Waals surface area contributed by atoms with E-state index in [4.69, 9.17) is 10.5 Å². The lowest BCUT2D eigenvalue weighted by Gasteiger charge is -2.32. The van der Waals surface area contributed by atoms with Gasteiger partial charge in [0.25, 0.3) is 6.43 Å². The first-order valence-corrected chi connectivity index (χ1v) is 6.41. The Hall–Kier alpha value is -0.910. The third kappa shape index (κ3) is 7.30. The Morgan fingerprint density at radius 1 is 1.26 bits per heavy atom. The van der Waals surface area contributed by atoms with Crippen LogP contribution in [0.15, 0.2) is 0 Å². The van der Waals surface area contributed by atoms with Gasteiger partial charge in [0.05, 0.1) is 5.54 Å². The van der Waals surface area contributed by atoms with Gasteiger partial charge in [0, 0.05) is 6.04 Å². The highest BCUT2D eigenvalue weighted by Gasteiger charge is 2.35. The molecule has 0 spiro atoms. The van der Waals surface area contributed by atoms with Crippen LogP contribution in [0.5, 0.6) is 0 Å². The summed E-state index contributed by atoms with van der Waals surface area (Å²) in [7, 11) is 0. The number of rotatable bonds is 5. The number of nitrogens with two attached hydrogens (primary N) is 1. The standard InChI is InChI=1S/C13H26F2N2O2/c1-8(2)9(7-13(6,16)10(14)15)17-11(18)19-12(3,4)5/h8-10H,7,16H2,1-6H3,(H,17,18). The summed E-state index contributed by atoms with van der Waals surface area (Å²) in [5, 5.41) is 2.61. The Kier molecular flexibility index (Phi) is 6.19. The minimum absolute atomic E-state index is 0.0123. The number of hydrogen-bond acceptors (Lipinski definition) is 3. The van der Waals surface area contributed by atoms with Crippen LogP contribution in [0.25, 0.3) is 0 Å². The number of alkyl carbamates (subject to hydrolysis) is 1. The van der Waals surface area contributed by atoms with Crippen molar-refractivity contribution in [2.45, 2.75) is 71.6 Å². The van der Waals surface area contributed by atoms with Crippen LogP contribution in [-0.4, -0.2) is 29.7 Å². The fourth-order valence-corrected chi connectivity index (χ4v) is 1.48. The van der Waals surface area contributed by atoms with E-state index in [9.17, 15) is 13.6 Å². The van der Waals surface area contributed by atoms with Crippen molar-refractivity contribution in [1.29, 1.82) is 0 Å². The van der Waals surface area contributed by atoms with Crippen LogP contribution in [0.3, 0.4) is 0 Å². The van der Waals surface area contributed by atoms with Crippen molar-refractivity contribution in [1.82, 2.24) is 5.32 Å². The predicted molar refractivity (Wildman–Crippen MR) is 71.2 cm³/mol.